The largest absolute Gasteiger partial charge is 0.324 e. The monoisotopic (exact) mass is 462 g/mol. The number of hydrogen-bond donors (Lipinski definition) is 2. The van der Waals surface area contributed by atoms with Crippen molar-refractivity contribution in [2.24, 2.45) is 0 Å². The Morgan fingerprint density at radius 2 is 1.67 bits per heavy atom. The summed E-state index contributed by atoms with van der Waals surface area (Å²) in [5, 5.41) is 14.3. The van der Waals surface area contributed by atoms with E-state index in [2.05, 4.69) is 10.6 Å². The summed E-state index contributed by atoms with van der Waals surface area (Å²) in [6.45, 7) is 1.45. The topological polar surface area (TPSA) is 119 Å². The van der Waals surface area contributed by atoms with Gasteiger partial charge >= 0.3 is 0 Å². The molecule has 2 amide bonds. The number of carbonyl (C=O) groups is 2. The summed E-state index contributed by atoms with van der Waals surface area (Å²) >= 11 is 0. The van der Waals surface area contributed by atoms with Gasteiger partial charge in [-0.25, -0.2) is 8.42 Å². The molecule has 33 heavy (non-hydrogen) atoms. The number of carbonyl (C=O) groups excluding carboxylic acids is 2. The lowest BCUT2D eigenvalue weighted by molar-refractivity contribution is -0.116. The minimum Gasteiger partial charge on any atom is -0.324 e. The van der Waals surface area contributed by atoms with Crippen LogP contribution in [-0.4, -0.2) is 38.1 Å². The molecule has 0 bridgehead atoms. The van der Waals surface area contributed by atoms with Gasteiger partial charge in [0.15, 0.2) is 0 Å². The second kappa shape index (κ2) is 10.1. The van der Waals surface area contributed by atoms with Gasteiger partial charge < -0.3 is 10.6 Å². The van der Waals surface area contributed by atoms with Gasteiger partial charge in [-0.3, -0.25) is 9.59 Å². The fourth-order valence-corrected chi connectivity index (χ4v) is 4.20. The van der Waals surface area contributed by atoms with E-state index in [0.717, 1.165) is 9.87 Å². The number of nitrogens with zero attached hydrogens (tertiary/aromatic N) is 2. The van der Waals surface area contributed by atoms with Crippen LogP contribution in [0.25, 0.3) is 0 Å². The number of hydrogen-bond acceptors (Lipinski definition) is 5. The van der Waals surface area contributed by atoms with Crippen LogP contribution in [0.4, 0.5) is 11.4 Å². The second-order valence-electron chi connectivity index (χ2n) is 7.31. The number of nitriles is 1. The highest BCUT2D eigenvalue weighted by atomic mass is 32.2. The van der Waals surface area contributed by atoms with Gasteiger partial charge in [0, 0.05) is 12.7 Å². The molecule has 0 aliphatic carbocycles. The van der Waals surface area contributed by atoms with E-state index >= 15 is 0 Å². The first kappa shape index (κ1) is 23.7. The average molecular weight is 463 g/mol. The van der Waals surface area contributed by atoms with Gasteiger partial charge in [-0.05, 0) is 61.0 Å². The third kappa shape index (κ3) is 5.83. The lowest BCUT2D eigenvalue weighted by Gasteiger charge is -2.18. The summed E-state index contributed by atoms with van der Waals surface area (Å²) in [4.78, 5) is 25.3. The molecule has 0 fully saturated rings. The van der Waals surface area contributed by atoms with Crippen molar-refractivity contribution < 1.29 is 18.0 Å². The number of nitrogens with one attached hydrogen (secondary N) is 2. The van der Waals surface area contributed by atoms with Gasteiger partial charge in [-0.2, -0.15) is 9.57 Å². The molecular weight excluding hydrogens is 440 g/mol. The Kier molecular flexibility index (Phi) is 7.23. The second-order valence-corrected chi connectivity index (χ2v) is 9.36. The number of rotatable bonds is 7. The molecule has 0 unspecified atom stereocenters. The summed E-state index contributed by atoms with van der Waals surface area (Å²) in [6.07, 6.45) is 0. The SMILES string of the molecule is Cc1cccc(NC(=O)c2ccccc2NC(=O)CN(C)S(=O)(=O)c2ccc(C#N)cc2)c1. The van der Waals surface area contributed by atoms with Crippen LogP contribution in [-0.2, 0) is 14.8 Å². The smallest absolute Gasteiger partial charge is 0.257 e. The molecule has 0 saturated carbocycles. The third-order valence-corrected chi connectivity index (χ3v) is 6.60. The Hall–Kier alpha value is -4.00. The van der Waals surface area contributed by atoms with Crippen LogP contribution in [0.15, 0.2) is 77.7 Å². The van der Waals surface area contributed by atoms with Crippen LogP contribution < -0.4 is 10.6 Å². The fraction of sp³-hybridized carbons (Fsp3) is 0.125. The van der Waals surface area contributed by atoms with Crippen molar-refractivity contribution in [1.82, 2.24) is 4.31 Å². The van der Waals surface area contributed by atoms with E-state index in [1.165, 1.54) is 31.3 Å². The zero-order valence-electron chi connectivity index (χ0n) is 18.1. The van der Waals surface area contributed by atoms with Gasteiger partial charge in [-0.1, -0.05) is 24.3 Å². The van der Waals surface area contributed by atoms with E-state index in [4.69, 9.17) is 5.26 Å². The molecule has 0 aliphatic heterocycles. The molecule has 0 aliphatic rings. The number of benzene rings is 3. The zero-order valence-corrected chi connectivity index (χ0v) is 18.9. The normalized spacial score (nSPS) is 11.0. The number of sulfonamides is 1. The minimum atomic E-state index is -3.94. The first-order valence-electron chi connectivity index (χ1n) is 9.94. The molecule has 0 spiro atoms. The maximum atomic E-state index is 12.8. The highest BCUT2D eigenvalue weighted by molar-refractivity contribution is 7.89. The quantitative estimate of drug-likeness (QED) is 0.558. The highest BCUT2D eigenvalue weighted by Crippen LogP contribution is 2.19. The van der Waals surface area contributed by atoms with E-state index < -0.39 is 28.4 Å². The summed E-state index contributed by atoms with van der Waals surface area (Å²) in [7, 11) is -2.66. The van der Waals surface area contributed by atoms with Crippen molar-refractivity contribution in [3.63, 3.8) is 0 Å². The lowest BCUT2D eigenvalue weighted by Crippen LogP contribution is -2.35. The Labute approximate surface area is 192 Å². The number of amides is 2. The van der Waals surface area contributed by atoms with Crippen molar-refractivity contribution in [2.75, 3.05) is 24.2 Å². The van der Waals surface area contributed by atoms with Gasteiger partial charge in [0.1, 0.15) is 0 Å². The Balaban J connectivity index is 1.71. The van der Waals surface area contributed by atoms with Gasteiger partial charge in [0.05, 0.1) is 34.3 Å². The third-order valence-electron chi connectivity index (χ3n) is 4.78. The summed E-state index contributed by atoms with van der Waals surface area (Å²) < 4.78 is 26.4. The molecule has 0 aromatic heterocycles. The van der Waals surface area contributed by atoms with E-state index in [1.54, 1.807) is 30.3 Å². The number of para-hydroxylation sites is 1. The van der Waals surface area contributed by atoms with Crippen LogP contribution in [0.1, 0.15) is 21.5 Å². The molecule has 0 heterocycles. The lowest BCUT2D eigenvalue weighted by atomic mass is 10.1. The Bertz CT molecular complexity index is 1330. The van der Waals surface area contributed by atoms with Crippen molar-refractivity contribution >= 4 is 33.2 Å². The first-order chi connectivity index (χ1) is 15.7. The summed E-state index contributed by atoms with van der Waals surface area (Å²) in [5.41, 5.74) is 2.44. The standard InChI is InChI=1S/C24H22N4O4S/c1-17-6-5-7-19(14-17)26-24(30)21-8-3-4-9-22(21)27-23(29)16-28(2)33(31,32)20-12-10-18(15-25)11-13-20/h3-14H,16H2,1-2H3,(H,26,30)(H,27,29). The predicted octanol–water partition coefficient (Wildman–Crippen LogP) is 3.38. The van der Waals surface area contributed by atoms with Crippen LogP contribution >= 0.6 is 0 Å². The molecule has 0 atom stereocenters. The molecule has 3 rings (SSSR count). The van der Waals surface area contributed by atoms with Gasteiger partial charge in [-0.15, -0.1) is 0 Å². The van der Waals surface area contributed by atoms with Gasteiger partial charge in [0.25, 0.3) is 5.91 Å². The fourth-order valence-electron chi connectivity index (χ4n) is 3.07. The average Bonchev–Trinajstić information content (AvgIpc) is 2.79. The molecule has 9 heteroatoms. The van der Waals surface area contributed by atoms with Crippen LogP contribution in [0.2, 0.25) is 0 Å². The summed E-state index contributed by atoms with van der Waals surface area (Å²) in [6, 6.07) is 21.1. The predicted molar refractivity (Wildman–Crippen MR) is 125 cm³/mol. The number of likely N-dealkylation sites (N-methyl/N-ethyl adjacent to an activating group) is 1. The number of anilines is 2. The van der Waals surface area contributed by atoms with Crippen molar-refractivity contribution in [3.8, 4) is 6.07 Å². The maximum absolute atomic E-state index is 12.8. The Morgan fingerprint density at radius 3 is 2.33 bits per heavy atom. The summed E-state index contributed by atoms with van der Waals surface area (Å²) in [5.74, 6) is -1.01. The van der Waals surface area contributed by atoms with Crippen LogP contribution in [0, 0.1) is 18.3 Å². The molecular formula is C24H22N4O4S. The van der Waals surface area contributed by atoms with Crippen molar-refractivity contribution in [2.45, 2.75) is 11.8 Å². The molecule has 3 aromatic carbocycles. The van der Waals surface area contributed by atoms with E-state index in [-0.39, 0.29) is 16.1 Å². The van der Waals surface area contributed by atoms with E-state index in [1.807, 2.05) is 31.2 Å². The molecule has 168 valence electrons. The Morgan fingerprint density at radius 1 is 0.970 bits per heavy atom. The maximum Gasteiger partial charge on any atom is 0.257 e. The molecule has 3 aromatic rings. The molecule has 0 radical (unpaired) electrons. The van der Waals surface area contributed by atoms with E-state index in [0.29, 0.717) is 11.3 Å². The van der Waals surface area contributed by atoms with Gasteiger partial charge in [0.2, 0.25) is 15.9 Å². The van der Waals surface area contributed by atoms with E-state index in [9.17, 15) is 18.0 Å². The zero-order chi connectivity index (χ0) is 24.0. The van der Waals surface area contributed by atoms with Crippen LogP contribution in [0.5, 0.6) is 0 Å². The highest BCUT2D eigenvalue weighted by Gasteiger charge is 2.23. The minimum absolute atomic E-state index is 0.0327. The number of aryl methyl sites for hydroxylation is 1. The molecule has 0 saturated heterocycles. The van der Waals surface area contributed by atoms with Crippen molar-refractivity contribution in [1.29, 1.82) is 5.26 Å². The first-order valence-corrected chi connectivity index (χ1v) is 11.4. The molecule has 8 nitrogen and oxygen atoms in total. The van der Waals surface area contributed by atoms with Crippen LogP contribution in [0.3, 0.4) is 0 Å². The van der Waals surface area contributed by atoms with Crippen molar-refractivity contribution in [3.05, 3.63) is 89.5 Å². The molecule has 2 N–H and O–H groups in total.